The minimum atomic E-state index is -0.0481. The van der Waals surface area contributed by atoms with E-state index in [4.69, 9.17) is 0 Å². The third kappa shape index (κ3) is 3.53. The summed E-state index contributed by atoms with van der Waals surface area (Å²) in [7, 11) is 0. The molecule has 1 unspecified atom stereocenters. The van der Waals surface area contributed by atoms with Gasteiger partial charge in [-0.1, -0.05) is 23.4 Å². The number of amides is 1. The van der Waals surface area contributed by atoms with Crippen LogP contribution < -0.4 is 5.32 Å². The first-order valence-corrected chi connectivity index (χ1v) is 8.52. The van der Waals surface area contributed by atoms with Gasteiger partial charge < -0.3 is 9.88 Å². The molecule has 0 radical (unpaired) electrons. The van der Waals surface area contributed by atoms with Gasteiger partial charge in [-0.15, -0.1) is 0 Å². The fourth-order valence-corrected chi connectivity index (χ4v) is 2.96. The summed E-state index contributed by atoms with van der Waals surface area (Å²) in [5.41, 5.74) is 2.89. The second-order valence-electron chi connectivity index (χ2n) is 6.13. The summed E-state index contributed by atoms with van der Waals surface area (Å²) in [6, 6.07) is 11.7. The van der Waals surface area contributed by atoms with Gasteiger partial charge in [0, 0.05) is 18.9 Å². The first-order chi connectivity index (χ1) is 12.8. The maximum Gasteiger partial charge on any atom is 0.240 e. The Bertz CT molecular complexity index is 921. The number of benzene rings is 1. The topological polar surface area (TPSA) is 87.8 Å². The Balaban J connectivity index is 1.24. The first-order valence-electron chi connectivity index (χ1n) is 8.52. The van der Waals surface area contributed by atoms with Gasteiger partial charge in [0.15, 0.2) is 0 Å². The zero-order valence-corrected chi connectivity index (χ0v) is 14.2. The van der Waals surface area contributed by atoms with Crippen molar-refractivity contribution < 1.29 is 4.79 Å². The summed E-state index contributed by atoms with van der Waals surface area (Å²) in [5, 5.41) is 13.2. The maximum atomic E-state index is 12.2. The lowest BCUT2D eigenvalue weighted by Crippen LogP contribution is -2.34. The molecule has 0 spiro atoms. The van der Waals surface area contributed by atoms with Crippen LogP contribution in [0.3, 0.4) is 0 Å². The molecule has 0 aliphatic carbocycles. The minimum absolute atomic E-state index is 0.0108. The Hall–Kier alpha value is -3.29. The van der Waals surface area contributed by atoms with Crippen molar-refractivity contribution in [2.75, 3.05) is 19.6 Å². The number of aromatic nitrogens is 3. The summed E-state index contributed by atoms with van der Waals surface area (Å²) in [6.07, 6.45) is 5.24. The number of carbonyl (C=O) groups excluding carboxylic acids is 1. The summed E-state index contributed by atoms with van der Waals surface area (Å²) in [5.74, 6) is -0.0481. The molecule has 1 aromatic carbocycles. The molecule has 1 amide bonds. The van der Waals surface area contributed by atoms with Gasteiger partial charge in [-0.2, -0.15) is 5.11 Å². The molecule has 0 saturated heterocycles. The van der Waals surface area contributed by atoms with Crippen LogP contribution in [-0.4, -0.2) is 45.1 Å². The Kier molecular flexibility index (Phi) is 4.55. The number of nitrogens with zero attached hydrogens (tertiary/aromatic N) is 6. The standard InChI is InChI=1S/C18H19N7O/c26-18(12-24-13-21-15-5-1-2-6-17(15)24)20-8-9-25-11-16(22-23-25)14-4-3-7-19-10-14/h1-7,10,13,16H,8-9,11-12H2,(H,20,26). The lowest BCUT2D eigenvalue weighted by molar-refractivity contribution is -0.121. The molecule has 8 nitrogen and oxygen atoms in total. The van der Waals surface area contributed by atoms with Crippen molar-refractivity contribution in [2.24, 2.45) is 10.3 Å². The molecular formula is C18H19N7O. The number of carbonyl (C=O) groups is 1. The predicted octanol–water partition coefficient (Wildman–Crippen LogP) is 1.97. The van der Waals surface area contributed by atoms with E-state index in [-0.39, 0.29) is 18.5 Å². The van der Waals surface area contributed by atoms with Crippen LogP contribution in [0.25, 0.3) is 11.0 Å². The molecule has 3 heterocycles. The lowest BCUT2D eigenvalue weighted by atomic mass is 10.1. The first kappa shape index (κ1) is 16.2. The van der Waals surface area contributed by atoms with Crippen molar-refractivity contribution in [1.29, 1.82) is 0 Å². The SMILES string of the molecule is O=C(Cn1cnc2ccccc21)NCCN1CC(c2cccnc2)N=N1. The average Bonchev–Trinajstić information content (AvgIpc) is 3.30. The van der Waals surface area contributed by atoms with Crippen LogP contribution >= 0.6 is 0 Å². The van der Waals surface area contributed by atoms with Crippen molar-refractivity contribution >= 4 is 16.9 Å². The van der Waals surface area contributed by atoms with Crippen molar-refractivity contribution in [2.45, 2.75) is 12.6 Å². The quantitative estimate of drug-likeness (QED) is 0.737. The molecule has 26 heavy (non-hydrogen) atoms. The van der Waals surface area contributed by atoms with E-state index in [1.54, 1.807) is 12.5 Å². The van der Waals surface area contributed by atoms with Gasteiger partial charge in [-0.25, -0.2) is 4.98 Å². The number of nitrogens with one attached hydrogen (secondary N) is 1. The number of imidazole rings is 1. The molecule has 3 aromatic rings. The third-order valence-corrected chi connectivity index (χ3v) is 4.30. The molecule has 8 heteroatoms. The highest BCUT2D eigenvalue weighted by molar-refractivity contribution is 5.80. The van der Waals surface area contributed by atoms with Crippen LogP contribution in [0.1, 0.15) is 11.6 Å². The summed E-state index contributed by atoms with van der Waals surface area (Å²) in [4.78, 5) is 20.6. The molecular weight excluding hydrogens is 330 g/mol. The van der Waals surface area contributed by atoms with Crippen molar-refractivity contribution in [3.63, 3.8) is 0 Å². The number of hydrogen-bond acceptors (Lipinski definition) is 6. The second-order valence-corrected chi connectivity index (χ2v) is 6.13. The molecule has 0 bridgehead atoms. The van der Waals surface area contributed by atoms with Gasteiger partial charge in [0.1, 0.15) is 12.6 Å². The van der Waals surface area contributed by atoms with Crippen LogP contribution in [0.15, 0.2) is 65.5 Å². The zero-order valence-electron chi connectivity index (χ0n) is 14.2. The molecule has 0 saturated carbocycles. The number of para-hydroxylation sites is 2. The highest BCUT2D eigenvalue weighted by atomic mass is 16.1. The van der Waals surface area contributed by atoms with Crippen LogP contribution in [-0.2, 0) is 11.3 Å². The normalized spacial score (nSPS) is 16.3. The third-order valence-electron chi connectivity index (χ3n) is 4.30. The second kappa shape index (κ2) is 7.30. The smallest absolute Gasteiger partial charge is 0.240 e. The van der Waals surface area contributed by atoms with Gasteiger partial charge in [0.2, 0.25) is 5.91 Å². The summed E-state index contributed by atoms with van der Waals surface area (Å²) >= 11 is 0. The van der Waals surface area contributed by atoms with Gasteiger partial charge in [0.25, 0.3) is 0 Å². The van der Waals surface area contributed by atoms with Gasteiger partial charge in [-0.05, 0) is 23.8 Å². The molecule has 1 aliphatic rings. The van der Waals surface area contributed by atoms with E-state index < -0.39 is 0 Å². The Morgan fingerprint density at radius 1 is 1.23 bits per heavy atom. The Labute approximate surface area is 150 Å². The van der Waals surface area contributed by atoms with Crippen LogP contribution in [0.4, 0.5) is 0 Å². The van der Waals surface area contributed by atoms with Crippen LogP contribution in [0.5, 0.6) is 0 Å². The van der Waals surface area contributed by atoms with E-state index in [0.717, 1.165) is 16.6 Å². The van der Waals surface area contributed by atoms with Crippen molar-refractivity contribution in [1.82, 2.24) is 24.9 Å². The monoisotopic (exact) mass is 349 g/mol. The van der Waals surface area contributed by atoms with Crippen LogP contribution in [0, 0.1) is 0 Å². The Morgan fingerprint density at radius 2 is 2.15 bits per heavy atom. The predicted molar refractivity (Wildman–Crippen MR) is 96.1 cm³/mol. The average molecular weight is 349 g/mol. The molecule has 2 aromatic heterocycles. The van der Waals surface area contributed by atoms with Gasteiger partial charge >= 0.3 is 0 Å². The van der Waals surface area contributed by atoms with E-state index >= 15 is 0 Å². The minimum Gasteiger partial charge on any atom is -0.353 e. The van der Waals surface area contributed by atoms with Gasteiger partial charge in [-0.3, -0.25) is 14.8 Å². The molecule has 1 aliphatic heterocycles. The largest absolute Gasteiger partial charge is 0.353 e. The molecule has 1 N–H and O–H groups in total. The van der Waals surface area contributed by atoms with E-state index in [9.17, 15) is 4.79 Å². The van der Waals surface area contributed by atoms with E-state index in [0.29, 0.717) is 19.6 Å². The fraction of sp³-hybridized carbons (Fsp3) is 0.278. The van der Waals surface area contributed by atoms with Crippen LogP contribution in [0.2, 0.25) is 0 Å². The molecule has 4 rings (SSSR count). The van der Waals surface area contributed by atoms with E-state index in [1.165, 1.54) is 0 Å². The highest BCUT2D eigenvalue weighted by Crippen LogP contribution is 2.23. The maximum absolute atomic E-state index is 12.2. The van der Waals surface area contributed by atoms with E-state index in [2.05, 4.69) is 25.6 Å². The zero-order chi connectivity index (χ0) is 17.8. The van der Waals surface area contributed by atoms with Crippen molar-refractivity contribution in [3.8, 4) is 0 Å². The molecule has 1 atom stereocenters. The van der Waals surface area contributed by atoms with Crippen molar-refractivity contribution in [3.05, 3.63) is 60.7 Å². The molecule has 132 valence electrons. The number of hydrogen-bond donors (Lipinski definition) is 1. The summed E-state index contributed by atoms with van der Waals surface area (Å²) in [6.45, 7) is 2.09. The summed E-state index contributed by atoms with van der Waals surface area (Å²) < 4.78 is 1.85. The highest BCUT2D eigenvalue weighted by Gasteiger charge is 2.20. The Morgan fingerprint density at radius 3 is 3.04 bits per heavy atom. The number of rotatable bonds is 6. The lowest BCUT2D eigenvalue weighted by Gasteiger charge is -2.14. The van der Waals surface area contributed by atoms with E-state index in [1.807, 2.05) is 52.2 Å². The number of pyridine rings is 1. The van der Waals surface area contributed by atoms with Gasteiger partial charge in [0.05, 0.1) is 30.5 Å². The number of fused-ring (bicyclic) bond motifs is 1. The molecule has 0 fully saturated rings. The fourth-order valence-electron chi connectivity index (χ4n) is 2.96.